The highest BCUT2D eigenvalue weighted by molar-refractivity contribution is 7.12. The number of rotatable bonds is 4. The van der Waals surface area contributed by atoms with Gasteiger partial charge in [-0.2, -0.15) is 0 Å². The van der Waals surface area contributed by atoms with Gasteiger partial charge >= 0.3 is 0 Å². The molecule has 0 radical (unpaired) electrons. The monoisotopic (exact) mass is 280 g/mol. The van der Waals surface area contributed by atoms with E-state index in [0.29, 0.717) is 18.9 Å². The van der Waals surface area contributed by atoms with E-state index >= 15 is 0 Å². The Bertz CT molecular complexity index is 444. The Morgan fingerprint density at radius 1 is 1.42 bits per heavy atom. The summed E-state index contributed by atoms with van der Waals surface area (Å²) in [5, 5.41) is 5.23. The van der Waals surface area contributed by atoms with Gasteiger partial charge in [-0.05, 0) is 25.3 Å². The third-order valence-electron chi connectivity index (χ3n) is 3.72. The number of carbonyl (C=O) groups excluding carboxylic acids is 2. The molecule has 1 saturated heterocycles. The molecular weight excluding hydrogens is 260 g/mol. The second-order valence-electron chi connectivity index (χ2n) is 4.97. The van der Waals surface area contributed by atoms with Gasteiger partial charge in [-0.1, -0.05) is 6.07 Å². The number of hydrogen-bond acceptors (Lipinski definition) is 4. The molecule has 2 rings (SSSR count). The fraction of sp³-hybridized carbons (Fsp3) is 0.571. The highest BCUT2D eigenvalue weighted by atomic mass is 32.1. The normalized spacial score (nSPS) is 23.4. The van der Waals surface area contributed by atoms with Crippen LogP contribution in [0.15, 0.2) is 17.5 Å². The molecule has 0 saturated carbocycles. The maximum Gasteiger partial charge on any atom is 0.223 e. The van der Waals surface area contributed by atoms with Crippen molar-refractivity contribution < 1.29 is 9.59 Å². The van der Waals surface area contributed by atoms with Gasteiger partial charge in [-0.25, -0.2) is 0 Å². The van der Waals surface area contributed by atoms with E-state index in [9.17, 15) is 9.59 Å². The summed E-state index contributed by atoms with van der Waals surface area (Å²) in [5.41, 5.74) is 0. The summed E-state index contributed by atoms with van der Waals surface area (Å²) in [6.07, 6.45) is 0.623. The lowest BCUT2D eigenvalue weighted by Crippen LogP contribution is -2.57. The van der Waals surface area contributed by atoms with E-state index in [1.54, 1.807) is 0 Å². The molecule has 5 heteroatoms. The lowest BCUT2D eigenvalue weighted by molar-refractivity contribution is -0.134. The fourth-order valence-electron chi connectivity index (χ4n) is 2.33. The summed E-state index contributed by atoms with van der Waals surface area (Å²) in [6, 6.07) is 4.18. The summed E-state index contributed by atoms with van der Waals surface area (Å²) in [4.78, 5) is 26.7. The van der Waals surface area contributed by atoms with Gasteiger partial charge in [-0.3, -0.25) is 9.59 Å². The van der Waals surface area contributed by atoms with Gasteiger partial charge in [0.1, 0.15) is 0 Å². The molecule has 104 valence electrons. The van der Waals surface area contributed by atoms with Crippen molar-refractivity contribution in [1.82, 2.24) is 10.2 Å². The van der Waals surface area contributed by atoms with Crippen molar-refractivity contribution in [3.8, 4) is 0 Å². The van der Waals surface area contributed by atoms with E-state index in [0.717, 1.165) is 18.0 Å². The quantitative estimate of drug-likeness (QED) is 0.857. The molecule has 1 aromatic heterocycles. The van der Waals surface area contributed by atoms with E-state index in [4.69, 9.17) is 0 Å². The molecule has 0 aromatic carbocycles. The Kier molecular flexibility index (Phi) is 4.71. The van der Waals surface area contributed by atoms with Gasteiger partial charge in [0, 0.05) is 38.0 Å². The summed E-state index contributed by atoms with van der Waals surface area (Å²) < 4.78 is 0. The summed E-state index contributed by atoms with van der Waals surface area (Å²) >= 11 is 1.43. The second kappa shape index (κ2) is 6.30. The number of piperazine rings is 1. The summed E-state index contributed by atoms with van der Waals surface area (Å²) in [5.74, 6) is 0.157. The number of nitrogens with zero attached hydrogens (tertiary/aromatic N) is 1. The molecule has 19 heavy (non-hydrogen) atoms. The van der Waals surface area contributed by atoms with Crippen LogP contribution in [0.25, 0.3) is 0 Å². The van der Waals surface area contributed by atoms with E-state index in [1.807, 2.05) is 22.4 Å². The molecule has 2 unspecified atom stereocenters. The van der Waals surface area contributed by atoms with Gasteiger partial charge in [0.25, 0.3) is 0 Å². The van der Waals surface area contributed by atoms with E-state index in [-0.39, 0.29) is 17.7 Å². The zero-order chi connectivity index (χ0) is 13.8. The molecule has 2 atom stereocenters. The Morgan fingerprint density at radius 2 is 2.21 bits per heavy atom. The van der Waals surface area contributed by atoms with Crippen molar-refractivity contribution in [3.63, 3.8) is 0 Å². The van der Waals surface area contributed by atoms with Crippen molar-refractivity contribution in [2.24, 2.45) is 0 Å². The topological polar surface area (TPSA) is 49.4 Å². The van der Waals surface area contributed by atoms with Gasteiger partial charge in [0.15, 0.2) is 5.78 Å². The fourth-order valence-corrected chi connectivity index (χ4v) is 3.03. The number of ketones is 1. The zero-order valence-electron chi connectivity index (χ0n) is 11.4. The Hall–Kier alpha value is -1.20. The smallest absolute Gasteiger partial charge is 0.223 e. The van der Waals surface area contributed by atoms with E-state index < -0.39 is 0 Å². The van der Waals surface area contributed by atoms with E-state index in [2.05, 4.69) is 19.2 Å². The molecule has 1 amide bonds. The minimum Gasteiger partial charge on any atom is -0.337 e. The third kappa shape index (κ3) is 3.42. The minimum absolute atomic E-state index is 0.0687. The molecule has 1 fully saturated rings. The minimum atomic E-state index is 0.0687. The van der Waals surface area contributed by atoms with Crippen LogP contribution in [-0.2, 0) is 4.79 Å². The standard InChI is InChI=1S/C14H20N2O2S/c1-10-11(2)16(8-7-15-10)14(18)6-5-12(17)13-4-3-9-19-13/h3-4,9-11,15H,5-8H2,1-2H3. The molecule has 2 heterocycles. The molecule has 1 aromatic rings. The van der Waals surface area contributed by atoms with E-state index in [1.165, 1.54) is 11.3 Å². The van der Waals surface area contributed by atoms with Crippen molar-refractivity contribution in [1.29, 1.82) is 0 Å². The first kappa shape index (κ1) is 14.2. The SMILES string of the molecule is CC1NCCN(C(=O)CCC(=O)c2cccs2)C1C. The maximum absolute atomic E-state index is 12.2. The Balaban J connectivity index is 1.86. The van der Waals surface area contributed by atoms with Gasteiger partial charge in [-0.15, -0.1) is 11.3 Å². The first-order valence-electron chi connectivity index (χ1n) is 6.69. The lowest BCUT2D eigenvalue weighted by atomic mass is 10.1. The largest absolute Gasteiger partial charge is 0.337 e. The van der Waals surface area contributed by atoms with Gasteiger partial charge in [0.05, 0.1) is 4.88 Å². The van der Waals surface area contributed by atoms with Crippen LogP contribution in [0.5, 0.6) is 0 Å². The Labute approximate surface area is 117 Å². The van der Waals surface area contributed by atoms with Crippen LogP contribution in [-0.4, -0.2) is 41.8 Å². The van der Waals surface area contributed by atoms with Crippen LogP contribution in [0.4, 0.5) is 0 Å². The van der Waals surface area contributed by atoms with Crippen molar-refractivity contribution in [3.05, 3.63) is 22.4 Å². The molecule has 1 aliphatic heterocycles. The number of thiophene rings is 1. The molecule has 4 nitrogen and oxygen atoms in total. The third-order valence-corrected chi connectivity index (χ3v) is 4.63. The number of amides is 1. The second-order valence-corrected chi connectivity index (χ2v) is 5.92. The zero-order valence-corrected chi connectivity index (χ0v) is 12.2. The first-order chi connectivity index (χ1) is 9.09. The van der Waals surface area contributed by atoms with Crippen LogP contribution >= 0.6 is 11.3 Å². The highest BCUT2D eigenvalue weighted by Crippen LogP contribution is 2.15. The number of hydrogen-bond donors (Lipinski definition) is 1. The van der Waals surface area contributed by atoms with Gasteiger partial charge in [0.2, 0.25) is 5.91 Å². The average molecular weight is 280 g/mol. The summed E-state index contributed by atoms with van der Waals surface area (Å²) in [6.45, 7) is 5.70. The summed E-state index contributed by atoms with van der Waals surface area (Å²) in [7, 11) is 0. The number of Topliss-reactive ketones (excluding diaryl/α,β-unsaturated/α-hetero) is 1. The Morgan fingerprint density at radius 3 is 2.89 bits per heavy atom. The molecule has 1 aliphatic rings. The van der Waals surface area contributed by atoms with Crippen LogP contribution in [0, 0.1) is 0 Å². The van der Waals surface area contributed by atoms with Crippen LogP contribution < -0.4 is 5.32 Å². The maximum atomic E-state index is 12.2. The predicted octanol–water partition coefficient (Wildman–Crippen LogP) is 1.92. The van der Waals surface area contributed by atoms with Crippen LogP contribution in [0.2, 0.25) is 0 Å². The predicted molar refractivity (Wildman–Crippen MR) is 76.5 cm³/mol. The van der Waals surface area contributed by atoms with Crippen molar-refractivity contribution >= 4 is 23.0 Å². The molecular formula is C14H20N2O2S. The van der Waals surface area contributed by atoms with Gasteiger partial charge < -0.3 is 10.2 Å². The first-order valence-corrected chi connectivity index (χ1v) is 7.57. The van der Waals surface area contributed by atoms with Crippen molar-refractivity contribution in [2.75, 3.05) is 13.1 Å². The number of nitrogens with one attached hydrogen (secondary N) is 1. The molecule has 0 bridgehead atoms. The molecule has 0 aliphatic carbocycles. The molecule has 1 N–H and O–H groups in total. The number of carbonyl (C=O) groups is 2. The average Bonchev–Trinajstić information content (AvgIpc) is 2.93. The van der Waals surface area contributed by atoms with Crippen LogP contribution in [0.3, 0.4) is 0 Å². The molecule has 0 spiro atoms. The lowest BCUT2D eigenvalue weighted by Gasteiger charge is -2.38. The highest BCUT2D eigenvalue weighted by Gasteiger charge is 2.27. The van der Waals surface area contributed by atoms with Crippen LogP contribution in [0.1, 0.15) is 36.4 Å². The van der Waals surface area contributed by atoms with Crippen molar-refractivity contribution in [2.45, 2.75) is 38.8 Å².